The SMILES string of the molecule is CC(=O)CN1C(=O)C2C(=Nc3n(C4CCCCC4)c(C)c[n+]32)N(C)C1=O. The van der Waals surface area contributed by atoms with Crippen LogP contribution in [0.15, 0.2) is 11.2 Å². The van der Waals surface area contributed by atoms with E-state index in [-0.39, 0.29) is 18.2 Å². The smallest absolute Gasteiger partial charge is 0.298 e. The molecule has 1 aromatic heterocycles. The molecule has 26 heavy (non-hydrogen) atoms. The Kier molecular flexibility index (Phi) is 3.93. The average molecular weight is 358 g/mol. The molecule has 4 rings (SSSR count). The van der Waals surface area contributed by atoms with Crippen molar-refractivity contribution in [3.8, 4) is 0 Å². The van der Waals surface area contributed by atoms with Crippen LogP contribution in [-0.4, -0.2) is 51.5 Å². The molecule has 1 aromatic rings. The number of likely N-dealkylation sites (N-methyl/N-ethyl adjacent to an activating group) is 1. The zero-order valence-electron chi connectivity index (χ0n) is 15.4. The van der Waals surface area contributed by atoms with E-state index in [0.717, 1.165) is 29.4 Å². The minimum absolute atomic E-state index is 0.204. The number of amidine groups is 1. The fourth-order valence-electron chi connectivity index (χ4n) is 4.36. The second kappa shape index (κ2) is 6.03. The van der Waals surface area contributed by atoms with E-state index >= 15 is 0 Å². The van der Waals surface area contributed by atoms with E-state index in [0.29, 0.717) is 11.9 Å². The van der Waals surface area contributed by atoms with Gasteiger partial charge in [0, 0.05) is 7.05 Å². The number of hydrogen-bond donors (Lipinski definition) is 0. The Labute approximate surface area is 152 Å². The lowest BCUT2D eigenvalue weighted by molar-refractivity contribution is -0.677. The summed E-state index contributed by atoms with van der Waals surface area (Å²) in [4.78, 5) is 44.1. The van der Waals surface area contributed by atoms with Crippen LogP contribution in [0.4, 0.5) is 10.7 Å². The number of carbonyl (C=O) groups excluding carboxylic acids is 3. The molecular formula is C18H24N5O3+. The summed E-state index contributed by atoms with van der Waals surface area (Å²) in [5.74, 6) is 0.567. The highest BCUT2D eigenvalue weighted by molar-refractivity contribution is 6.19. The Balaban J connectivity index is 1.77. The fraction of sp³-hybridized carbons (Fsp3) is 0.611. The van der Waals surface area contributed by atoms with E-state index < -0.39 is 12.1 Å². The van der Waals surface area contributed by atoms with Crippen molar-refractivity contribution in [2.75, 3.05) is 13.6 Å². The molecule has 8 nitrogen and oxygen atoms in total. The van der Waals surface area contributed by atoms with E-state index in [4.69, 9.17) is 0 Å². The second-order valence-electron chi connectivity index (χ2n) is 7.48. The number of hydrogen-bond acceptors (Lipinski definition) is 4. The van der Waals surface area contributed by atoms with Crippen molar-refractivity contribution in [3.63, 3.8) is 0 Å². The van der Waals surface area contributed by atoms with Gasteiger partial charge in [0.05, 0.1) is 12.6 Å². The zero-order chi connectivity index (χ0) is 18.6. The maximum absolute atomic E-state index is 13.0. The van der Waals surface area contributed by atoms with Crippen molar-refractivity contribution in [1.82, 2.24) is 14.4 Å². The molecule has 0 N–H and O–H groups in total. The fourth-order valence-corrected chi connectivity index (χ4v) is 4.36. The predicted octanol–water partition coefficient (Wildman–Crippen LogP) is 1.66. The third-order valence-electron chi connectivity index (χ3n) is 5.57. The third kappa shape index (κ3) is 2.39. The summed E-state index contributed by atoms with van der Waals surface area (Å²) in [7, 11) is 1.61. The number of aromatic nitrogens is 2. The van der Waals surface area contributed by atoms with Crippen LogP contribution in [0.3, 0.4) is 0 Å². The highest BCUT2D eigenvalue weighted by atomic mass is 16.2. The van der Waals surface area contributed by atoms with Crippen molar-refractivity contribution in [2.24, 2.45) is 4.99 Å². The maximum atomic E-state index is 13.0. The molecule has 1 unspecified atom stereocenters. The molecule has 3 amide bonds. The number of amides is 3. The molecule has 1 atom stereocenters. The summed E-state index contributed by atoms with van der Waals surface area (Å²) in [5.41, 5.74) is 1.07. The predicted molar refractivity (Wildman–Crippen MR) is 93.2 cm³/mol. The summed E-state index contributed by atoms with van der Waals surface area (Å²) < 4.78 is 4.07. The van der Waals surface area contributed by atoms with E-state index in [2.05, 4.69) is 9.56 Å². The molecule has 1 saturated heterocycles. The summed E-state index contributed by atoms with van der Waals surface area (Å²) in [6, 6.07) is -0.781. The van der Waals surface area contributed by atoms with E-state index in [1.165, 1.54) is 31.1 Å². The molecule has 0 radical (unpaired) electrons. The van der Waals surface area contributed by atoms with Gasteiger partial charge in [-0.2, -0.15) is 0 Å². The first-order valence-electron chi connectivity index (χ1n) is 9.20. The van der Waals surface area contributed by atoms with Crippen LogP contribution in [-0.2, 0) is 9.59 Å². The van der Waals surface area contributed by atoms with Crippen LogP contribution in [0.5, 0.6) is 0 Å². The first-order valence-corrected chi connectivity index (χ1v) is 9.20. The van der Waals surface area contributed by atoms with Gasteiger partial charge in [-0.05, 0) is 39.5 Å². The number of nitrogens with zero attached hydrogens (tertiary/aromatic N) is 5. The van der Waals surface area contributed by atoms with Gasteiger partial charge >= 0.3 is 12.0 Å². The molecule has 3 heterocycles. The number of imide groups is 1. The van der Waals surface area contributed by atoms with Gasteiger partial charge < -0.3 is 0 Å². The molecule has 2 fully saturated rings. The largest absolute Gasteiger partial charge is 0.402 e. The Hall–Kier alpha value is -2.51. The Morgan fingerprint density at radius 1 is 1.27 bits per heavy atom. The van der Waals surface area contributed by atoms with Gasteiger partial charge in [-0.1, -0.05) is 11.4 Å². The number of aliphatic imine (C=N–C) groups is 1. The standard InChI is InChI=1S/C18H24N5O3/c1-11-9-21-14-15(19-17(21)23(11)13-7-5-4-6-8-13)20(3)18(26)22(16(14)25)10-12(2)24/h9,13-14H,4-8,10H2,1-3H3/q+1. The molecule has 2 aliphatic heterocycles. The highest BCUT2D eigenvalue weighted by Crippen LogP contribution is 2.36. The molecule has 0 bridgehead atoms. The van der Waals surface area contributed by atoms with Gasteiger partial charge in [0.2, 0.25) is 11.9 Å². The van der Waals surface area contributed by atoms with E-state index in [1.54, 1.807) is 7.05 Å². The lowest BCUT2D eigenvalue weighted by Gasteiger charge is -2.32. The topological polar surface area (TPSA) is 78.9 Å². The van der Waals surface area contributed by atoms with E-state index in [9.17, 15) is 14.4 Å². The van der Waals surface area contributed by atoms with Crippen LogP contribution in [0, 0.1) is 6.92 Å². The summed E-state index contributed by atoms with van der Waals surface area (Å²) in [6.45, 7) is 3.20. The molecule has 1 aliphatic carbocycles. The lowest BCUT2D eigenvalue weighted by Crippen LogP contribution is -2.63. The van der Waals surface area contributed by atoms with Gasteiger partial charge in [0.1, 0.15) is 17.7 Å². The van der Waals surface area contributed by atoms with Crippen molar-refractivity contribution >= 4 is 29.5 Å². The first kappa shape index (κ1) is 16.9. The molecule has 138 valence electrons. The monoisotopic (exact) mass is 358 g/mol. The maximum Gasteiger partial charge on any atom is 0.402 e. The van der Waals surface area contributed by atoms with E-state index in [1.807, 2.05) is 17.7 Å². The zero-order valence-corrected chi connectivity index (χ0v) is 15.4. The van der Waals surface area contributed by atoms with Gasteiger partial charge in [0.15, 0.2) is 0 Å². The Morgan fingerprint density at radius 2 is 1.96 bits per heavy atom. The number of imidazole rings is 1. The Morgan fingerprint density at radius 3 is 2.62 bits per heavy atom. The number of Topliss-reactive ketones (excluding diaryl/α,β-unsaturated/α-hetero) is 1. The van der Waals surface area contributed by atoms with Crippen molar-refractivity contribution < 1.29 is 19.0 Å². The first-order chi connectivity index (χ1) is 12.4. The molecular weight excluding hydrogens is 334 g/mol. The number of ketones is 1. The van der Waals surface area contributed by atoms with Crippen LogP contribution >= 0.6 is 0 Å². The quantitative estimate of drug-likeness (QED) is 0.771. The highest BCUT2D eigenvalue weighted by Gasteiger charge is 2.53. The molecule has 8 heteroatoms. The van der Waals surface area contributed by atoms with Crippen LogP contribution in [0.1, 0.15) is 56.8 Å². The summed E-state index contributed by atoms with van der Waals surface area (Å²) >= 11 is 0. The van der Waals surface area contributed by atoms with Gasteiger partial charge in [-0.15, -0.1) is 0 Å². The second-order valence-corrected chi connectivity index (χ2v) is 7.48. The normalized spacial score (nSPS) is 23.2. The molecule has 1 saturated carbocycles. The van der Waals surface area contributed by atoms with Crippen LogP contribution in [0.25, 0.3) is 0 Å². The minimum atomic E-state index is -0.671. The number of fused-ring (bicyclic) bond motifs is 3. The van der Waals surface area contributed by atoms with Gasteiger partial charge in [-0.3, -0.25) is 19.4 Å². The van der Waals surface area contributed by atoms with Crippen molar-refractivity contribution in [1.29, 1.82) is 0 Å². The average Bonchev–Trinajstić information content (AvgIpc) is 3.12. The van der Waals surface area contributed by atoms with Crippen LogP contribution in [0.2, 0.25) is 0 Å². The molecule has 0 aromatic carbocycles. The summed E-state index contributed by atoms with van der Waals surface area (Å²) in [5, 5.41) is 0. The van der Waals surface area contributed by atoms with Gasteiger partial charge in [-0.25, -0.2) is 13.9 Å². The number of rotatable bonds is 3. The number of aryl methyl sites for hydroxylation is 1. The van der Waals surface area contributed by atoms with Crippen LogP contribution < -0.4 is 4.57 Å². The molecule has 0 spiro atoms. The summed E-state index contributed by atoms with van der Waals surface area (Å²) in [6.07, 6.45) is 7.82. The van der Waals surface area contributed by atoms with Crippen molar-refractivity contribution in [3.05, 3.63) is 11.9 Å². The Bertz CT molecular complexity index is 834. The third-order valence-corrected chi connectivity index (χ3v) is 5.57. The van der Waals surface area contributed by atoms with Crippen molar-refractivity contribution in [2.45, 2.75) is 58.0 Å². The molecule has 3 aliphatic rings. The minimum Gasteiger partial charge on any atom is -0.298 e. The lowest BCUT2D eigenvalue weighted by atomic mass is 9.95. The van der Waals surface area contributed by atoms with Gasteiger partial charge in [0.25, 0.3) is 5.91 Å². The number of carbonyl (C=O) groups is 3. The number of urea groups is 1.